The van der Waals surface area contributed by atoms with E-state index in [1.54, 1.807) is 6.26 Å². The summed E-state index contributed by atoms with van der Waals surface area (Å²) < 4.78 is 0. The highest BCUT2D eigenvalue weighted by molar-refractivity contribution is 6.00. The minimum absolute atomic E-state index is 1.05. The Morgan fingerprint density at radius 2 is 1.72 bits per heavy atom. The third kappa shape index (κ3) is 1.23. The molecule has 18 heavy (non-hydrogen) atoms. The Morgan fingerprint density at radius 3 is 2.72 bits per heavy atom. The van der Waals surface area contributed by atoms with E-state index in [1.807, 2.05) is 6.07 Å². The fraction of sp³-hybridized carbons (Fsp3) is 0. The van der Waals surface area contributed by atoms with Gasteiger partial charge in [-0.15, -0.1) is 0 Å². The fourth-order valence-electron chi connectivity index (χ4n) is 2.55. The zero-order valence-electron chi connectivity index (χ0n) is 9.68. The van der Waals surface area contributed by atoms with Gasteiger partial charge in [-0.25, -0.2) is 5.48 Å². The molecule has 1 heterocycles. The molecule has 1 aliphatic carbocycles. The molecule has 0 radical (unpaired) electrons. The summed E-state index contributed by atoms with van der Waals surface area (Å²) in [6.45, 7) is 0. The molecule has 2 aliphatic rings. The van der Waals surface area contributed by atoms with Crippen molar-refractivity contribution in [3.8, 4) is 0 Å². The highest BCUT2D eigenvalue weighted by atomic mass is 16.6. The Morgan fingerprint density at radius 1 is 0.889 bits per heavy atom. The third-order valence-corrected chi connectivity index (χ3v) is 3.40. The van der Waals surface area contributed by atoms with Crippen LogP contribution in [0.4, 0.5) is 0 Å². The van der Waals surface area contributed by atoms with Crippen molar-refractivity contribution in [2.75, 3.05) is 0 Å². The molecule has 0 unspecified atom stereocenters. The number of hydrogen-bond donors (Lipinski definition) is 1. The van der Waals surface area contributed by atoms with Crippen LogP contribution in [0.3, 0.4) is 0 Å². The zero-order valence-corrected chi connectivity index (χ0v) is 9.68. The molecule has 1 aliphatic heterocycles. The SMILES string of the molecule is C1=C2C(=c3ccccc3=Cc3ccccc32)NO1. The monoisotopic (exact) mass is 233 g/mol. The first-order valence-corrected chi connectivity index (χ1v) is 5.96. The molecule has 2 aromatic carbocycles. The summed E-state index contributed by atoms with van der Waals surface area (Å²) >= 11 is 0. The maximum atomic E-state index is 5.30. The molecule has 0 amide bonds. The van der Waals surface area contributed by atoms with E-state index < -0.39 is 0 Å². The van der Waals surface area contributed by atoms with Crippen molar-refractivity contribution in [1.82, 2.24) is 5.48 Å². The highest BCUT2D eigenvalue weighted by Gasteiger charge is 2.19. The highest BCUT2D eigenvalue weighted by Crippen LogP contribution is 2.29. The summed E-state index contributed by atoms with van der Waals surface area (Å²) in [4.78, 5) is 5.30. The Labute approximate surface area is 104 Å². The smallest absolute Gasteiger partial charge is 0.129 e. The van der Waals surface area contributed by atoms with Gasteiger partial charge in [-0.1, -0.05) is 48.5 Å². The van der Waals surface area contributed by atoms with Crippen LogP contribution in [0.25, 0.3) is 17.3 Å². The van der Waals surface area contributed by atoms with Crippen molar-refractivity contribution in [1.29, 1.82) is 0 Å². The van der Waals surface area contributed by atoms with Crippen molar-refractivity contribution < 1.29 is 4.84 Å². The molecule has 2 nitrogen and oxygen atoms in total. The van der Waals surface area contributed by atoms with Crippen molar-refractivity contribution in [2.24, 2.45) is 0 Å². The van der Waals surface area contributed by atoms with Gasteiger partial charge in [-0.2, -0.15) is 0 Å². The summed E-state index contributed by atoms with van der Waals surface area (Å²) in [5.41, 5.74) is 7.59. The van der Waals surface area contributed by atoms with Crippen LogP contribution in [-0.4, -0.2) is 0 Å². The molecule has 0 aromatic heterocycles. The molecule has 2 aromatic rings. The number of fused-ring (bicyclic) bond motifs is 4. The average Bonchev–Trinajstić information content (AvgIpc) is 2.84. The maximum absolute atomic E-state index is 5.30. The molecule has 0 atom stereocenters. The molecule has 4 rings (SSSR count). The average molecular weight is 233 g/mol. The molecule has 0 fully saturated rings. The van der Waals surface area contributed by atoms with Gasteiger partial charge in [0.15, 0.2) is 0 Å². The Hall–Kier alpha value is -2.48. The van der Waals surface area contributed by atoms with Gasteiger partial charge in [-0.3, -0.25) is 0 Å². The molecule has 0 saturated heterocycles. The van der Waals surface area contributed by atoms with Crippen LogP contribution < -0.4 is 15.9 Å². The van der Waals surface area contributed by atoms with E-state index in [4.69, 9.17) is 4.84 Å². The molecule has 0 spiro atoms. The Balaban J connectivity index is 2.22. The normalized spacial score (nSPS) is 15.1. The van der Waals surface area contributed by atoms with Crippen molar-refractivity contribution in [3.05, 3.63) is 76.4 Å². The van der Waals surface area contributed by atoms with Gasteiger partial charge in [0.25, 0.3) is 0 Å². The summed E-state index contributed by atoms with van der Waals surface area (Å²) in [6.07, 6.45) is 4.00. The van der Waals surface area contributed by atoms with Crippen LogP contribution in [-0.2, 0) is 4.84 Å². The second-order valence-corrected chi connectivity index (χ2v) is 4.45. The van der Waals surface area contributed by atoms with Crippen molar-refractivity contribution >= 4 is 17.3 Å². The lowest BCUT2D eigenvalue weighted by atomic mass is 10.00. The zero-order chi connectivity index (χ0) is 11.9. The molecular formula is C16H11NO. The second kappa shape index (κ2) is 3.50. The summed E-state index contributed by atoms with van der Waals surface area (Å²) in [5.74, 6) is 0. The lowest BCUT2D eigenvalue weighted by Crippen LogP contribution is -2.29. The summed E-state index contributed by atoms with van der Waals surface area (Å²) in [7, 11) is 0. The topological polar surface area (TPSA) is 21.3 Å². The van der Waals surface area contributed by atoms with Gasteiger partial charge in [0.05, 0.1) is 5.70 Å². The number of hydrogen-bond acceptors (Lipinski definition) is 2. The van der Waals surface area contributed by atoms with E-state index >= 15 is 0 Å². The van der Waals surface area contributed by atoms with Gasteiger partial charge in [0, 0.05) is 10.8 Å². The van der Waals surface area contributed by atoms with Crippen LogP contribution in [0.2, 0.25) is 0 Å². The number of benzene rings is 2. The quantitative estimate of drug-likeness (QED) is 0.744. The maximum Gasteiger partial charge on any atom is 0.129 e. The van der Waals surface area contributed by atoms with E-state index in [9.17, 15) is 0 Å². The molecule has 1 N–H and O–H groups in total. The Kier molecular flexibility index (Phi) is 1.86. The van der Waals surface area contributed by atoms with Gasteiger partial charge in [-0.05, 0) is 22.4 Å². The van der Waals surface area contributed by atoms with E-state index in [0.717, 1.165) is 11.3 Å². The minimum Gasteiger partial charge on any atom is -0.389 e. The summed E-state index contributed by atoms with van der Waals surface area (Å²) in [6, 6.07) is 16.7. The van der Waals surface area contributed by atoms with Gasteiger partial charge >= 0.3 is 0 Å². The lowest BCUT2D eigenvalue weighted by molar-refractivity contribution is 0.200. The number of hydroxylamine groups is 1. The van der Waals surface area contributed by atoms with Crippen LogP contribution in [0.1, 0.15) is 11.1 Å². The fourth-order valence-corrected chi connectivity index (χ4v) is 2.55. The van der Waals surface area contributed by atoms with Crippen molar-refractivity contribution in [3.63, 3.8) is 0 Å². The first kappa shape index (κ1) is 9.54. The van der Waals surface area contributed by atoms with E-state index in [1.165, 1.54) is 21.6 Å². The molecule has 0 bridgehead atoms. The molecule has 2 heteroatoms. The van der Waals surface area contributed by atoms with Crippen LogP contribution >= 0.6 is 0 Å². The predicted octanol–water partition coefficient (Wildman–Crippen LogP) is 1.51. The standard InChI is InChI=1S/C16H11NO/c1-3-7-13-11(5-1)9-12-6-2-4-8-14(12)16-15(13)10-18-17-16/h1-10,17H. The van der Waals surface area contributed by atoms with E-state index in [2.05, 4.69) is 54.0 Å². The van der Waals surface area contributed by atoms with E-state index in [-0.39, 0.29) is 0 Å². The molecule has 0 saturated carbocycles. The minimum atomic E-state index is 1.05. The van der Waals surface area contributed by atoms with Gasteiger partial charge in [0.1, 0.15) is 6.26 Å². The largest absolute Gasteiger partial charge is 0.389 e. The Bertz CT molecular complexity index is 787. The van der Waals surface area contributed by atoms with Gasteiger partial charge < -0.3 is 4.84 Å². The number of nitrogens with one attached hydrogen (secondary N) is 1. The second-order valence-electron chi connectivity index (χ2n) is 4.45. The van der Waals surface area contributed by atoms with Crippen LogP contribution in [0, 0.1) is 0 Å². The number of rotatable bonds is 0. The summed E-state index contributed by atoms with van der Waals surface area (Å²) in [5, 5.41) is 2.39. The predicted molar refractivity (Wildman–Crippen MR) is 71.3 cm³/mol. The van der Waals surface area contributed by atoms with Crippen molar-refractivity contribution in [2.45, 2.75) is 0 Å². The van der Waals surface area contributed by atoms with Gasteiger partial charge in [0.2, 0.25) is 0 Å². The third-order valence-electron chi connectivity index (χ3n) is 3.40. The first-order chi connectivity index (χ1) is 8.93. The lowest BCUT2D eigenvalue weighted by Gasteiger charge is -2.05. The molecular weight excluding hydrogens is 222 g/mol. The first-order valence-electron chi connectivity index (χ1n) is 5.96. The van der Waals surface area contributed by atoms with Crippen LogP contribution in [0.5, 0.6) is 0 Å². The van der Waals surface area contributed by atoms with Crippen LogP contribution in [0.15, 0.2) is 54.8 Å². The molecule has 86 valence electrons. The van der Waals surface area contributed by atoms with E-state index in [0.29, 0.717) is 0 Å².